The van der Waals surface area contributed by atoms with E-state index >= 15 is 0 Å². The second kappa shape index (κ2) is 4.31. The van der Waals surface area contributed by atoms with E-state index in [0.29, 0.717) is 0 Å². The highest BCUT2D eigenvalue weighted by molar-refractivity contribution is 5.81. The first-order chi connectivity index (χ1) is 5.00. The summed E-state index contributed by atoms with van der Waals surface area (Å²) in [6, 6.07) is -0.139. The summed E-state index contributed by atoms with van der Waals surface area (Å²) in [6.07, 6.45) is 0. The minimum atomic E-state index is -0.139. The van der Waals surface area contributed by atoms with Gasteiger partial charge in [-0.25, -0.2) is 5.84 Å². The fourth-order valence-corrected chi connectivity index (χ4v) is 1.22. The van der Waals surface area contributed by atoms with E-state index in [1.807, 2.05) is 32.8 Å². The lowest BCUT2D eigenvalue weighted by Crippen LogP contribution is -2.48. The first-order valence-electron chi connectivity index (χ1n) is 3.67. The molecular formula is C7H17N3O. The number of rotatable bonds is 3. The third-order valence-corrected chi connectivity index (χ3v) is 1.60. The predicted molar refractivity (Wildman–Crippen MR) is 44.6 cm³/mol. The van der Waals surface area contributed by atoms with Gasteiger partial charge in [0.05, 0.1) is 6.04 Å². The molecule has 0 rings (SSSR count). The molecule has 0 aliphatic carbocycles. The monoisotopic (exact) mass is 159 g/mol. The molecule has 0 heterocycles. The number of hydrogen-bond donors (Lipinski definition) is 2. The summed E-state index contributed by atoms with van der Waals surface area (Å²) in [6.45, 7) is 3.97. The van der Waals surface area contributed by atoms with Gasteiger partial charge < -0.3 is 0 Å². The lowest BCUT2D eigenvalue weighted by atomic mass is 10.0. The van der Waals surface area contributed by atoms with Crippen LogP contribution < -0.4 is 11.3 Å². The maximum Gasteiger partial charge on any atom is 0.251 e. The Hall–Kier alpha value is -0.610. The average Bonchev–Trinajstić information content (AvgIpc) is 1.85. The molecule has 0 aromatic carbocycles. The number of hydrazine groups is 1. The van der Waals surface area contributed by atoms with Crippen LogP contribution in [0, 0.1) is 5.92 Å². The number of amides is 1. The third kappa shape index (κ3) is 2.86. The van der Waals surface area contributed by atoms with Crippen LogP contribution in [0.25, 0.3) is 0 Å². The fraction of sp³-hybridized carbons (Fsp3) is 0.857. The standard InChI is InChI=1S/C7H17N3O/c1-5(2)6(10(3)4)7(11)9-8/h5-6H,8H2,1-4H3,(H,9,11). The highest BCUT2D eigenvalue weighted by atomic mass is 16.2. The quantitative estimate of drug-likeness (QED) is 0.333. The summed E-state index contributed by atoms with van der Waals surface area (Å²) in [4.78, 5) is 13.0. The number of carbonyl (C=O) groups excluding carboxylic acids is 1. The van der Waals surface area contributed by atoms with Crippen molar-refractivity contribution in [2.75, 3.05) is 14.1 Å². The van der Waals surface area contributed by atoms with Crippen LogP contribution in [0.1, 0.15) is 13.8 Å². The lowest BCUT2D eigenvalue weighted by molar-refractivity contribution is -0.127. The molecule has 11 heavy (non-hydrogen) atoms. The van der Waals surface area contributed by atoms with Crippen LogP contribution in [0.4, 0.5) is 0 Å². The van der Waals surface area contributed by atoms with Gasteiger partial charge in [-0.1, -0.05) is 13.8 Å². The number of nitrogens with two attached hydrogens (primary N) is 1. The van der Waals surface area contributed by atoms with Crippen LogP contribution in [0.3, 0.4) is 0 Å². The first kappa shape index (κ1) is 10.4. The van der Waals surface area contributed by atoms with E-state index in [2.05, 4.69) is 5.43 Å². The molecule has 1 amide bonds. The predicted octanol–water partition coefficient (Wildman–Crippen LogP) is -0.437. The minimum absolute atomic E-state index is 0.134. The molecule has 0 saturated carbocycles. The summed E-state index contributed by atoms with van der Waals surface area (Å²) >= 11 is 0. The smallest absolute Gasteiger partial charge is 0.251 e. The van der Waals surface area contributed by atoms with Crippen molar-refractivity contribution < 1.29 is 4.79 Å². The molecule has 1 atom stereocenters. The second-order valence-electron chi connectivity index (χ2n) is 3.16. The Morgan fingerprint density at radius 3 is 2.00 bits per heavy atom. The van der Waals surface area contributed by atoms with Crippen molar-refractivity contribution in [1.29, 1.82) is 0 Å². The Kier molecular flexibility index (Phi) is 4.07. The Morgan fingerprint density at radius 1 is 1.45 bits per heavy atom. The van der Waals surface area contributed by atoms with E-state index in [1.54, 1.807) is 0 Å². The lowest BCUT2D eigenvalue weighted by Gasteiger charge is -2.25. The van der Waals surface area contributed by atoms with E-state index in [4.69, 9.17) is 5.84 Å². The van der Waals surface area contributed by atoms with Crippen LogP contribution in [0.15, 0.2) is 0 Å². The van der Waals surface area contributed by atoms with Gasteiger partial charge in [0.1, 0.15) is 0 Å². The zero-order chi connectivity index (χ0) is 9.02. The minimum Gasteiger partial charge on any atom is -0.298 e. The molecule has 0 saturated heterocycles. The molecule has 0 spiro atoms. The molecule has 0 aliphatic rings. The van der Waals surface area contributed by atoms with Crippen LogP contribution in [0.5, 0.6) is 0 Å². The van der Waals surface area contributed by atoms with E-state index in [-0.39, 0.29) is 17.9 Å². The van der Waals surface area contributed by atoms with Gasteiger partial charge in [-0.05, 0) is 20.0 Å². The maximum absolute atomic E-state index is 11.1. The number of carbonyl (C=O) groups is 1. The molecule has 3 N–H and O–H groups in total. The van der Waals surface area contributed by atoms with Crippen molar-refractivity contribution in [3.63, 3.8) is 0 Å². The highest BCUT2D eigenvalue weighted by Crippen LogP contribution is 2.06. The zero-order valence-electron chi connectivity index (χ0n) is 7.59. The molecule has 66 valence electrons. The van der Waals surface area contributed by atoms with E-state index in [1.165, 1.54) is 0 Å². The SMILES string of the molecule is CC(C)C(C(=O)NN)N(C)C. The number of likely N-dealkylation sites (N-methyl/N-ethyl adjacent to an activating group) is 1. The maximum atomic E-state index is 11.1. The third-order valence-electron chi connectivity index (χ3n) is 1.60. The Balaban J connectivity index is 4.22. The molecule has 4 heteroatoms. The summed E-state index contributed by atoms with van der Waals surface area (Å²) in [5.74, 6) is 5.16. The van der Waals surface area contributed by atoms with Crippen molar-refractivity contribution >= 4 is 5.91 Å². The molecular weight excluding hydrogens is 142 g/mol. The summed E-state index contributed by atoms with van der Waals surface area (Å²) in [7, 11) is 3.72. The summed E-state index contributed by atoms with van der Waals surface area (Å²) in [5, 5.41) is 0. The molecule has 0 aromatic heterocycles. The first-order valence-corrected chi connectivity index (χ1v) is 3.67. The van der Waals surface area contributed by atoms with Crippen molar-refractivity contribution in [2.24, 2.45) is 11.8 Å². The van der Waals surface area contributed by atoms with Gasteiger partial charge in [-0.15, -0.1) is 0 Å². The second-order valence-corrected chi connectivity index (χ2v) is 3.16. The molecule has 0 aliphatic heterocycles. The van der Waals surface area contributed by atoms with Crippen LogP contribution in [-0.2, 0) is 4.79 Å². The van der Waals surface area contributed by atoms with E-state index < -0.39 is 0 Å². The van der Waals surface area contributed by atoms with E-state index in [0.717, 1.165) is 0 Å². The van der Waals surface area contributed by atoms with Gasteiger partial charge in [-0.3, -0.25) is 15.1 Å². The van der Waals surface area contributed by atoms with E-state index in [9.17, 15) is 4.79 Å². The molecule has 1 unspecified atom stereocenters. The molecule has 4 nitrogen and oxygen atoms in total. The molecule has 0 radical (unpaired) electrons. The highest BCUT2D eigenvalue weighted by Gasteiger charge is 2.22. The van der Waals surface area contributed by atoms with Gasteiger partial charge in [0.15, 0.2) is 0 Å². The average molecular weight is 159 g/mol. The molecule has 0 fully saturated rings. The fourth-order valence-electron chi connectivity index (χ4n) is 1.22. The van der Waals surface area contributed by atoms with Gasteiger partial charge in [-0.2, -0.15) is 0 Å². The number of hydrogen-bond acceptors (Lipinski definition) is 3. The van der Waals surface area contributed by atoms with Gasteiger partial charge >= 0.3 is 0 Å². The Morgan fingerprint density at radius 2 is 1.91 bits per heavy atom. The Labute approximate surface area is 67.7 Å². The van der Waals surface area contributed by atoms with Crippen molar-refractivity contribution in [3.8, 4) is 0 Å². The number of nitrogens with one attached hydrogen (secondary N) is 1. The van der Waals surface area contributed by atoms with Crippen molar-refractivity contribution in [2.45, 2.75) is 19.9 Å². The normalized spacial score (nSPS) is 13.7. The van der Waals surface area contributed by atoms with Crippen LogP contribution in [0.2, 0.25) is 0 Å². The van der Waals surface area contributed by atoms with Gasteiger partial charge in [0, 0.05) is 0 Å². The summed E-state index contributed by atoms with van der Waals surface area (Å²) < 4.78 is 0. The van der Waals surface area contributed by atoms with Gasteiger partial charge in [0.2, 0.25) is 0 Å². The topological polar surface area (TPSA) is 58.4 Å². The zero-order valence-corrected chi connectivity index (χ0v) is 7.59. The van der Waals surface area contributed by atoms with Crippen LogP contribution in [-0.4, -0.2) is 30.9 Å². The number of nitrogens with zero attached hydrogens (tertiary/aromatic N) is 1. The van der Waals surface area contributed by atoms with Crippen LogP contribution >= 0.6 is 0 Å². The molecule has 0 aromatic rings. The van der Waals surface area contributed by atoms with Crippen molar-refractivity contribution in [3.05, 3.63) is 0 Å². The molecule has 0 bridgehead atoms. The van der Waals surface area contributed by atoms with Crippen molar-refractivity contribution in [1.82, 2.24) is 10.3 Å². The Bertz CT molecular complexity index is 126. The summed E-state index contributed by atoms with van der Waals surface area (Å²) in [5.41, 5.74) is 2.15. The van der Waals surface area contributed by atoms with Gasteiger partial charge in [0.25, 0.3) is 5.91 Å². The largest absolute Gasteiger partial charge is 0.298 e.